The molecule has 0 N–H and O–H groups in total. The molecule has 1 atom stereocenters. The molecule has 1 aliphatic heterocycles. The summed E-state index contributed by atoms with van der Waals surface area (Å²) in [6, 6.07) is 2.09. The Hall–Kier alpha value is 0.140. The Kier molecular flexibility index (Phi) is 1.80. The molecule has 0 aromatic carbocycles. The highest BCUT2D eigenvalue weighted by Gasteiger charge is 2.23. The largest absolute Gasteiger partial charge is 0.373 e. The molecular formula is C7H7BrOS. The molecule has 1 unspecified atom stereocenters. The number of thiophene rings is 1. The number of halogens is 1. The summed E-state index contributed by atoms with van der Waals surface area (Å²) in [7, 11) is 0. The monoisotopic (exact) mass is 218 g/mol. The fourth-order valence-corrected chi connectivity index (χ4v) is 2.44. The quantitative estimate of drug-likeness (QED) is 0.696. The molecule has 3 heteroatoms. The predicted molar refractivity (Wildman–Crippen MR) is 45.5 cm³/mol. The van der Waals surface area contributed by atoms with Gasteiger partial charge in [0, 0.05) is 15.8 Å². The molecule has 0 bridgehead atoms. The molecule has 0 aliphatic carbocycles. The van der Waals surface area contributed by atoms with Crippen LogP contribution in [0.1, 0.15) is 4.88 Å². The minimum atomic E-state index is 0.509. The number of hydrogen-bond acceptors (Lipinski definition) is 2. The van der Waals surface area contributed by atoms with Crippen LogP contribution in [0.15, 0.2) is 15.9 Å². The summed E-state index contributed by atoms with van der Waals surface area (Å²) < 4.78 is 6.35. The molecule has 54 valence electrons. The van der Waals surface area contributed by atoms with E-state index in [9.17, 15) is 0 Å². The minimum absolute atomic E-state index is 0.509. The molecule has 1 fully saturated rings. The lowest BCUT2D eigenvalue weighted by Crippen LogP contribution is -1.89. The molecule has 1 aliphatic rings. The van der Waals surface area contributed by atoms with Crippen molar-refractivity contribution < 1.29 is 4.74 Å². The first-order chi connectivity index (χ1) is 4.86. The first-order valence-electron chi connectivity index (χ1n) is 3.20. The van der Waals surface area contributed by atoms with Crippen LogP contribution in [0.3, 0.4) is 0 Å². The van der Waals surface area contributed by atoms with E-state index in [0.717, 1.165) is 13.0 Å². The van der Waals surface area contributed by atoms with Crippen molar-refractivity contribution in [1.82, 2.24) is 0 Å². The van der Waals surface area contributed by atoms with Gasteiger partial charge in [-0.15, -0.1) is 11.3 Å². The van der Waals surface area contributed by atoms with E-state index in [4.69, 9.17) is 4.74 Å². The van der Waals surface area contributed by atoms with Gasteiger partial charge in [-0.2, -0.15) is 0 Å². The zero-order valence-corrected chi connectivity index (χ0v) is 7.74. The molecule has 0 spiro atoms. The summed E-state index contributed by atoms with van der Waals surface area (Å²) in [5.74, 6) is 0. The Morgan fingerprint density at radius 2 is 2.60 bits per heavy atom. The molecule has 0 saturated carbocycles. The van der Waals surface area contributed by atoms with Crippen molar-refractivity contribution in [2.75, 3.05) is 6.61 Å². The van der Waals surface area contributed by atoms with E-state index >= 15 is 0 Å². The van der Waals surface area contributed by atoms with Gasteiger partial charge < -0.3 is 4.74 Å². The predicted octanol–water partition coefficient (Wildman–Crippen LogP) is 2.45. The summed E-state index contributed by atoms with van der Waals surface area (Å²) in [4.78, 5) is 1.41. The van der Waals surface area contributed by atoms with Crippen molar-refractivity contribution in [3.8, 4) is 0 Å². The number of ether oxygens (including phenoxy) is 1. The summed E-state index contributed by atoms with van der Waals surface area (Å²) in [5.41, 5.74) is 0. The Labute approximate surface area is 72.1 Å². The van der Waals surface area contributed by atoms with Gasteiger partial charge in [-0.25, -0.2) is 0 Å². The first-order valence-corrected chi connectivity index (χ1v) is 4.87. The van der Waals surface area contributed by atoms with E-state index in [0.29, 0.717) is 6.10 Å². The van der Waals surface area contributed by atoms with E-state index in [1.807, 2.05) is 0 Å². The third kappa shape index (κ3) is 1.41. The number of hydrogen-bond donors (Lipinski definition) is 0. The highest BCUT2D eigenvalue weighted by atomic mass is 79.9. The Morgan fingerprint density at radius 1 is 1.80 bits per heavy atom. The van der Waals surface area contributed by atoms with Gasteiger partial charge in [0.1, 0.15) is 0 Å². The molecule has 2 heterocycles. The number of epoxide rings is 1. The lowest BCUT2D eigenvalue weighted by molar-refractivity contribution is 0.408. The summed E-state index contributed by atoms with van der Waals surface area (Å²) in [6.07, 6.45) is 1.59. The van der Waals surface area contributed by atoms with Crippen LogP contribution in [0.25, 0.3) is 0 Å². The standard InChI is InChI=1S/C7H7BrOS/c8-6-1-2-10-7(6)3-5-4-9-5/h1-2,5H,3-4H2. The maximum absolute atomic E-state index is 5.12. The normalized spacial score (nSPS) is 23.1. The van der Waals surface area contributed by atoms with Crippen LogP contribution in [0.2, 0.25) is 0 Å². The van der Waals surface area contributed by atoms with Gasteiger partial charge in [-0.1, -0.05) is 0 Å². The lowest BCUT2D eigenvalue weighted by atomic mass is 10.3. The Balaban J connectivity index is 2.08. The molecule has 2 rings (SSSR count). The molecular weight excluding hydrogens is 212 g/mol. The molecule has 0 radical (unpaired) electrons. The van der Waals surface area contributed by atoms with Gasteiger partial charge in [0.2, 0.25) is 0 Å². The fraction of sp³-hybridized carbons (Fsp3) is 0.429. The van der Waals surface area contributed by atoms with E-state index < -0.39 is 0 Å². The van der Waals surface area contributed by atoms with Gasteiger partial charge in [0.05, 0.1) is 12.7 Å². The van der Waals surface area contributed by atoms with Gasteiger partial charge in [0.15, 0.2) is 0 Å². The molecule has 1 nitrogen and oxygen atoms in total. The summed E-state index contributed by atoms with van der Waals surface area (Å²) >= 11 is 5.27. The zero-order chi connectivity index (χ0) is 6.97. The summed E-state index contributed by atoms with van der Waals surface area (Å²) in [6.45, 7) is 0.949. The molecule has 10 heavy (non-hydrogen) atoms. The second kappa shape index (κ2) is 2.64. The van der Waals surface area contributed by atoms with E-state index in [1.165, 1.54) is 9.35 Å². The van der Waals surface area contributed by atoms with Crippen LogP contribution < -0.4 is 0 Å². The Morgan fingerprint density at radius 3 is 3.10 bits per heavy atom. The van der Waals surface area contributed by atoms with Crippen LogP contribution in [-0.4, -0.2) is 12.7 Å². The molecule has 1 saturated heterocycles. The smallest absolute Gasteiger partial charge is 0.0858 e. The third-order valence-electron chi connectivity index (χ3n) is 1.51. The average Bonchev–Trinajstić information content (AvgIpc) is 2.62. The molecule has 1 aromatic rings. The van der Waals surface area contributed by atoms with Crippen molar-refractivity contribution >= 4 is 27.3 Å². The Bertz CT molecular complexity index is 229. The van der Waals surface area contributed by atoms with Crippen molar-refractivity contribution in [1.29, 1.82) is 0 Å². The maximum Gasteiger partial charge on any atom is 0.0858 e. The minimum Gasteiger partial charge on any atom is -0.373 e. The van der Waals surface area contributed by atoms with Gasteiger partial charge in [-0.05, 0) is 27.4 Å². The van der Waals surface area contributed by atoms with Crippen LogP contribution in [-0.2, 0) is 11.2 Å². The van der Waals surface area contributed by atoms with E-state index in [2.05, 4.69) is 27.4 Å². The maximum atomic E-state index is 5.12. The highest BCUT2D eigenvalue weighted by Crippen LogP contribution is 2.27. The van der Waals surface area contributed by atoms with Gasteiger partial charge >= 0.3 is 0 Å². The van der Waals surface area contributed by atoms with E-state index in [-0.39, 0.29) is 0 Å². The topological polar surface area (TPSA) is 12.5 Å². The van der Waals surface area contributed by atoms with Crippen LogP contribution in [0, 0.1) is 0 Å². The van der Waals surface area contributed by atoms with Crippen LogP contribution in [0.5, 0.6) is 0 Å². The van der Waals surface area contributed by atoms with Crippen LogP contribution in [0.4, 0.5) is 0 Å². The lowest BCUT2D eigenvalue weighted by Gasteiger charge is -1.90. The molecule has 1 aromatic heterocycles. The fourth-order valence-electron chi connectivity index (χ4n) is 0.863. The zero-order valence-electron chi connectivity index (χ0n) is 5.34. The number of rotatable bonds is 2. The van der Waals surface area contributed by atoms with Gasteiger partial charge in [-0.3, -0.25) is 0 Å². The second-order valence-corrected chi connectivity index (χ2v) is 4.21. The van der Waals surface area contributed by atoms with Crippen molar-refractivity contribution in [2.45, 2.75) is 12.5 Å². The second-order valence-electron chi connectivity index (χ2n) is 2.35. The molecule has 0 amide bonds. The van der Waals surface area contributed by atoms with E-state index in [1.54, 1.807) is 11.3 Å². The first kappa shape index (κ1) is 6.83. The van der Waals surface area contributed by atoms with Gasteiger partial charge in [0.25, 0.3) is 0 Å². The van der Waals surface area contributed by atoms with Crippen molar-refractivity contribution in [3.63, 3.8) is 0 Å². The van der Waals surface area contributed by atoms with Crippen LogP contribution >= 0.6 is 27.3 Å². The third-order valence-corrected chi connectivity index (χ3v) is 3.46. The highest BCUT2D eigenvalue weighted by molar-refractivity contribution is 9.10. The van der Waals surface area contributed by atoms with Crippen molar-refractivity contribution in [2.24, 2.45) is 0 Å². The SMILES string of the molecule is Brc1ccsc1CC1CO1. The summed E-state index contributed by atoms with van der Waals surface area (Å²) in [5, 5.41) is 2.10. The average molecular weight is 219 g/mol. The van der Waals surface area contributed by atoms with Crippen molar-refractivity contribution in [3.05, 3.63) is 20.8 Å².